The Morgan fingerprint density at radius 2 is 1.90 bits per heavy atom. The van der Waals surface area contributed by atoms with Crippen molar-refractivity contribution in [3.8, 4) is 5.75 Å². The van der Waals surface area contributed by atoms with E-state index < -0.39 is 0 Å². The molecular formula is C7H6O2Pt. The summed E-state index contributed by atoms with van der Waals surface area (Å²) >= 11 is 0. The molecule has 1 aromatic carbocycles. The quantitative estimate of drug-likeness (QED) is 0.791. The van der Waals surface area contributed by atoms with Crippen molar-refractivity contribution in [1.29, 1.82) is 0 Å². The van der Waals surface area contributed by atoms with Crippen LogP contribution in [-0.2, 0) is 21.1 Å². The van der Waals surface area contributed by atoms with Crippen molar-refractivity contribution >= 4 is 6.29 Å². The van der Waals surface area contributed by atoms with Crippen LogP contribution in [0.1, 0.15) is 10.4 Å². The third-order valence-corrected chi connectivity index (χ3v) is 1.06. The van der Waals surface area contributed by atoms with Gasteiger partial charge >= 0.3 is 0 Å². The van der Waals surface area contributed by atoms with Gasteiger partial charge in [-0.2, -0.15) is 0 Å². The third kappa shape index (κ3) is 1.96. The molecule has 10 heavy (non-hydrogen) atoms. The molecule has 0 heterocycles. The molecule has 1 rings (SSSR count). The molecule has 0 saturated carbocycles. The first kappa shape index (κ1) is 9.38. The Bertz CT molecular complexity index is 223. The molecule has 1 N–H and O–H groups in total. The van der Waals surface area contributed by atoms with E-state index in [0.29, 0.717) is 11.8 Å². The number of para-hydroxylation sites is 1. The van der Waals surface area contributed by atoms with Crippen molar-refractivity contribution in [3.63, 3.8) is 0 Å². The van der Waals surface area contributed by atoms with Gasteiger partial charge in [-0.1, -0.05) is 12.1 Å². The monoisotopic (exact) mass is 317 g/mol. The van der Waals surface area contributed by atoms with Gasteiger partial charge in [0.2, 0.25) is 0 Å². The van der Waals surface area contributed by atoms with Crippen molar-refractivity contribution in [1.82, 2.24) is 0 Å². The molecule has 0 amide bonds. The van der Waals surface area contributed by atoms with Gasteiger partial charge < -0.3 is 5.11 Å². The van der Waals surface area contributed by atoms with Crippen LogP contribution >= 0.6 is 0 Å². The van der Waals surface area contributed by atoms with Crippen molar-refractivity contribution in [2.24, 2.45) is 0 Å². The van der Waals surface area contributed by atoms with E-state index in [1.54, 1.807) is 18.2 Å². The molecule has 0 aliphatic heterocycles. The van der Waals surface area contributed by atoms with Crippen molar-refractivity contribution in [3.05, 3.63) is 29.8 Å². The molecule has 0 fully saturated rings. The fraction of sp³-hybridized carbons (Fsp3) is 0. The van der Waals surface area contributed by atoms with Gasteiger partial charge in [0.25, 0.3) is 0 Å². The van der Waals surface area contributed by atoms with E-state index in [0.717, 1.165) is 0 Å². The molecule has 3 heteroatoms. The van der Waals surface area contributed by atoms with E-state index in [-0.39, 0.29) is 26.8 Å². The molecular weight excluding hydrogens is 311 g/mol. The predicted molar refractivity (Wildman–Crippen MR) is 33.5 cm³/mol. The molecule has 56 valence electrons. The molecule has 2 nitrogen and oxygen atoms in total. The minimum atomic E-state index is 0. The van der Waals surface area contributed by atoms with Crippen molar-refractivity contribution < 1.29 is 31.0 Å². The Kier molecular flexibility index (Phi) is 3.97. The molecule has 0 atom stereocenters. The van der Waals surface area contributed by atoms with E-state index >= 15 is 0 Å². The zero-order valence-electron chi connectivity index (χ0n) is 5.06. The van der Waals surface area contributed by atoms with E-state index in [9.17, 15) is 4.79 Å². The van der Waals surface area contributed by atoms with Gasteiger partial charge in [-0.05, 0) is 12.1 Å². The van der Waals surface area contributed by atoms with Crippen LogP contribution in [0.2, 0.25) is 0 Å². The number of aromatic hydroxyl groups is 1. The second-order valence-corrected chi connectivity index (χ2v) is 1.68. The summed E-state index contributed by atoms with van der Waals surface area (Å²) in [5, 5.41) is 8.88. The molecule has 0 aliphatic rings. The minimum Gasteiger partial charge on any atom is -0.507 e. The summed E-state index contributed by atoms with van der Waals surface area (Å²) in [6.45, 7) is 0. The van der Waals surface area contributed by atoms with Gasteiger partial charge in [0.15, 0.2) is 6.29 Å². The molecule has 1 aromatic rings. The summed E-state index contributed by atoms with van der Waals surface area (Å²) in [7, 11) is 0. The number of phenolic OH excluding ortho intramolecular Hbond substituents is 1. The van der Waals surface area contributed by atoms with E-state index in [1.165, 1.54) is 6.07 Å². The summed E-state index contributed by atoms with van der Waals surface area (Å²) in [5.41, 5.74) is 0.331. The maximum atomic E-state index is 10.1. The zero-order chi connectivity index (χ0) is 6.69. The first-order valence-corrected chi connectivity index (χ1v) is 2.58. The topological polar surface area (TPSA) is 37.3 Å². The zero-order valence-corrected chi connectivity index (χ0v) is 7.33. The Morgan fingerprint density at radius 1 is 1.30 bits per heavy atom. The van der Waals surface area contributed by atoms with E-state index in [4.69, 9.17) is 5.11 Å². The average Bonchev–Trinajstić information content (AvgIpc) is 1.89. The van der Waals surface area contributed by atoms with Crippen LogP contribution in [-0.4, -0.2) is 11.4 Å². The molecule has 0 radical (unpaired) electrons. The van der Waals surface area contributed by atoms with Crippen LogP contribution in [0.3, 0.4) is 0 Å². The number of phenols is 1. The second-order valence-electron chi connectivity index (χ2n) is 1.68. The minimum absolute atomic E-state index is 0. The standard InChI is InChI=1S/C7H6O2.Pt/c8-5-6-3-1-2-4-7(6)9;/h1-5,9H;. The average molecular weight is 317 g/mol. The number of hydrogen-bond donors (Lipinski definition) is 1. The molecule has 0 saturated heterocycles. The third-order valence-electron chi connectivity index (χ3n) is 1.06. The molecule has 0 aromatic heterocycles. The Hall–Kier alpha value is -0.622. The smallest absolute Gasteiger partial charge is 0.153 e. The summed E-state index contributed by atoms with van der Waals surface area (Å²) in [6.07, 6.45) is 0.620. The number of benzene rings is 1. The fourth-order valence-corrected chi connectivity index (χ4v) is 0.587. The Balaban J connectivity index is 0.000000810. The predicted octanol–water partition coefficient (Wildman–Crippen LogP) is 1.20. The van der Waals surface area contributed by atoms with Gasteiger partial charge in [-0.15, -0.1) is 0 Å². The number of hydrogen-bond acceptors (Lipinski definition) is 2. The van der Waals surface area contributed by atoms with Gasteiger partial charge in [-0.3, -0.25) is 4.79 Å². The van der Waals surface area contributed by atoms with Crippen LogP contribution in [0.15, 0.2) is 24.3 Å². The Labute approximate surface area is 73.1 Å². The van der Waals surface area contributed by atoms with Gasteiger partial charge in [0, 0.05) is 21.1 Å². The molecule has 0 spiro atoms. The van der Waals surface area contributed by atoms with Gasteiger partial charge in [-0.25, -0.2) is 0 Å². The van der Waals surface area contributed by atoms with Crippen molar-refractivity contribution in [2.45, 2.75) is 0 Å². The second kappa shape index (κ2) is 4.23. The van der Waals surface area contributed by atoms with Crippen LogP contribution in [0.5, 0.6) is 5.75 Å². The van der Waals surface area contributed by atoms with Crippen molar-refractivity contribution in [2.75, 3.05) is 0 Å². The largest absolute Gasteiger partial charge is 0.507 e. The summed E-state index contributed by atoms with van der Waals surface area (Å²) in [5.74, 6) is 0.0347. The van der Waals surface area contributed by atoms with Gasteiger partial charge in [0.1, 0.15) is 5.75 Å². The SMILES string of the molecule is O=Cc1ccccc1O.[Pt]. The maximum absolute atomic E-state index is 10.1. The summed E-state index contributed by atoms with van der Waals surface area (Å²) in [4.78, 5) is 10.1. The maximum Gasteiger partial charge on any atom is 0.153 e. The summed E-state index contributed by atoms with van der Waals surface area (Å²) < 4.78 is 0. The number of rotatable bonds is 1. The molecule has 0 unspecified atom stereocenters. The Morgan fingerprint density at radius 3 is 2.30 bits per heavy atom. The molecule has 0 aliphatic carbocycles. The van der Waals surface area contributed by atoms with E-state index in [2.05, 4.69) is 0 Å². The van der Waals surface area contributed by atoms with Crippen LogP contribution in [0.4, 0.5) is 0 Å². The first-order valence-electron chi connectivity index (χ1n) is 2.58. The van der Waals surface area contributed by atoms with Gasteiger partial charge in [0.05, 0.1) is 5.56 Å². The van der Waals surface area contributed by atoms with Crippen LogP contribution in [0, 0.1) is 0 Å². The van der Waals surface area contributed by atoms with Crippen LogP contribution < -0.4 is 0 Å². The molecule has 0 bridgehead atoms. The van der Waals surface area contributed by atoms with E-state index in [1.807, 2.05) is 0 Å². The van der Waals surface area contributed by atoms with Crippen LogP contribution in [0.25, 0.3) is 0 Å². The normalized spacial score (nSPS) is 8.00. The number of carbonyl (C=O) groups excluding carboxylic acids is 1. The first-order chi connectivity index (χ1) is 4.34. The number of aldehydes is 1. The number of carbonyl (C=O) groups is 1. The fourth-order valence-electron chi connectivity index (χ4n) is 0.587. The summed E-state index contributed by atoms with van der Waals surface area (Å²) in [6, 6.07) is 6.40.